The molecule has 1 aromatic rings. The van der Waals surface area contributed by atoms with Crippen molar-refractivity contribution in [3.8, 4) is 0 Å². The van der Waals surface area contributed by atoms with Crippen LogP contribution in [0.4, 0.5) is 18.0 Å². The summed E-state index contributed by atoms with van der Waals surface area (Å²) in [6, 6.07) is -0.495. The van der Waals surface area contributed by atoms with Gasteiger partial charge in [-0.1, -0.05) is 11.6 Å². The monoisotopic (exact) mass is 396 g/mol. The molecule has 0 atom stereocenters. The van der Waals surface area contributed by atoms with Gasteiger partial charge in [-0.15, -0.1) is 0 Å². The molecule has 1 aromatic heterocycles. The zero-order valence-electron chi connectivity index (χ0n) is 9.11. The van der Waals surface area contributed by atoms with E-state index < -0.39 is 22.9 Å². The highest BCUT2D eigenvalue weighted by Gasteiger charge is 2.39. The van der Waals surface area contributed by atoms with Crippen molar-refractivity contribution in [1.82, 2.24) is 18.6 Å². The second kappa shape index (κ2) is 5.95. The molecule has 1 heterocycles. The Bertz CT molecular complexity index is 448. The van der Waals surface area contributed by atoms with Crippen molar-refractivity contribution >= 4 is 40.5 Å². The number of nitrogens with one attached hydrogen (secondary N) is 2. The Morgan fingerprint density at radius 3 is 2.56 bits per heavy atom. The smallest absolute Gasteiger partial charge is 0.338 e. The first-order valence-corrected chi connectivity index (χ1v) is 6.14. The van der Waals surface area contributed by atoms with Gasteiger partial charge in [0.05, 0.1) is 34.4 Å². The lowest BCUT2D eigenvalue weighted by molar-refractivity contribution is -0.141. The van der Waals surface area contributed by atoms with Gasteiger partial charge in [-0.25, -0.2) is 4.79 Å². The highest BCUT2D eigenvalue weighted by Crippen LogP contribution is 2.37. The Morgan fingerprint density at radius 2 is 2.11 bits per heavy atom. The summed E-state index contributed by atoms with van der Waals surface area (Å²) in [6.45, 7) is 1.95. The van der Waals surface area contributed by atoms with Crippen LogP contribution >= 0.6 is 34.5 Å². The molecule has 1 rings (SSSR count). The van der Waals surface area contributed by atoms with E-state index in [4.69, 9.17) is 11.6 Å². The van der Waals surface area contributed by atoms with E-state index in [1.807, 2.05) is 0 Å². The van der Waals surface area contributed by atoms with Crippen LogP contribution in [-0.2, 0) is 12.7 Å². The molecule has 2 amide bonds. The van der Waals surface area contributed by atoms with E-state index in [0.717, 1.165) is 0 Å². The summed E-state index contributed by atoms with van der Waals surface area (Å²) >= 11 is 6.97. The molecule has 0 saturated carbocycles. The summed E-state index contributed by atoms with van der Waals surface area (Å²) in [5.41, 5.74) is -1.08. The van der Waals surface area contributed by atoms with Gasteiger partial charge in [-0.3, -0.25) is 0 Å². The molecule has 10 heteroatoms. The maximum atomic E-state index is 12.6. The molecular weight excluding hydrogens is 387 g/mol. The lowest BCUT2D eigenvalue weighted by Gasteiger charge is -2.05. The fourth-order valence-corrected chi connectivity index (χ4v) is 2.36. The summed E-state index contributed by atoms with van der Waals surface area (Å²) < 4.78 is 38.4. The van der Waals surface area contributed by atoms with Gasteiger partial charge in [0, 0.05) is 6.54 Å². The van der Waals surface area contributed by atoms with Gasteiger partial charge in [-0.2, -0.15) is 21.2 Å². The first-order valence-electron chi connectivity index (χ1n) is 4.79. The van der Waals surface area contributed by atoms with Crippen LogP contribution in [0.1, 0.15) is 18.3 Å². The number of carbonyl (C=O) groups is 1. The first kappa shape index (κ1) is 15.3. The number of hydrogen-bond donors (Lipinski definition) is 2. The maximum Gasteiger partial charge on any atom is 0.435 e. The predicted octanol–water partition coefficient (Wildman–Crippen LogP) is 2.57. The largest absolute Gasteiger partial charge is 0.435 e. The number of carbonyl (C=O) groups excluding carboxylic acids is 1. The standard InChI is InChI=1S/C8H9ClF3IN4O/c1-2-14-7(18)15-3-4-5(9)6(8(10,11)12)17(13)16-4/h2-3H2,1H3,(H2,14,15,18). The Hall–Kier alpha value is -0.710. The van der Waals surface area contributed by atoms with Crippen molar-refractivity contribution in [2.24, 2.45) is 0 Å². The summed E-state index contributed by atoms with van der Waals surface area (Å²) in [6.07, 6.45) is -4.59. The molecule has 102 valence electrons. The number of halogens is 5. The van der Waals surface area contributed by atoms with Crippen LogP contribution in [0.15, 0.2) is 0 Å². The molecule has 0 fully saturated rings. The molecule has 0 unspecified atom stereocenters. The van der Waals surface area contributed by atoms with Gasteiger partial charge in [0.25, 0.3) is 0 Å². The summed E-state index contributed by atoms with van der Waals surface area (Å²) in [4.78, 5) is 11.1. The zero-order chi connectivity index (χ0) is 13.9. The van der Waals surface area contributed by atoms with Crippen molar-refractivity contribution in [2.75, 3.05) is 6.54 Å². The van der Waals surface area contributed by atoms with E-state index in [-0.39, 0.29) is 12.2 Å². The van der Waals surface area contributed by atoms with Gasteiger partial charge in [0.1, 0.15) is 5.69 Å². The highest BCUT2D eigenvalue weighted by molar-refractivity contribution is 14.1. The van der Waals surface area contributed by atoms with Gasteiger partial charge >= 0.3 is 12.2 Å². The molecule has 2 N–H and O–H groups in total. The Balaban J connectivity index is 2.83. The molecule has 0 aromatic carbocycles. The Kier molecular flexibility index (Phi) is 5.08. The summed E-state index contributed by atoms with van der Waals surface area (Å²) in [5.74, 6) is 0. The van der Waals surface area contributed by atoms with Gasteiger partial charge < -0.3 is 10.6 Å². The minimum absolute atomic E-state index is 0.0374. The third kappa shape index (κ3) is 3.64. The van der Waals surface area contributed by atoms with Crippen LogP contribution in [0.5, 0.6) is 0 Å². The molecule has 0 aliphatic heterocycles. The number of hydrogen-bond acceptors (Lipinski definition) is 2. The van der Waals surface area contributed by atoms with Crippen LogP contribution in [-0.4, -0.2) is 20.6 Å². The Morgan fingerprint density at radius 1 is 1.50 bits per heavy atom. The fourth-order valence-electron chi connectivity index (χ4n) is 1.15. The SMILES string of the molecule is CCNC(=O)NCc1nn(I)c(C(F)(F)F)c1Cl. The molecule has 5 nitrogen and oxygen atoms in total. The van der Waals surface area contributed by atoms with Gasteiger partial charge in [0.15, 0.2) is 5.69 Å². The summed E-state index contributed by atoms with van der Waals surface area (Å²) in [5, 5.41) is 7.90. The topological polar surface area (TPSA) is 59.0 Å². The number of amides is 2. The number of rotatable bonds is 3. The highest BCUT2D eigenvalue weighted by atomic mass is 127. The van der Waals surface area contributed by atoms with Crippen LogP contribution in [0.3, 0.4) is 0 Å². The number of aromatic nitrogens is 2. The fraction of sp³-hybridized carbons (Fsp3) is 0.500. The lowest BCUT2D eigenvalue weighted by atomic mass is 10.3. The van der Waals surface area contributed by atoms with Crippen LogP contribution < -0.4 is 10.6 Å². The number of urea groups is 1. The average molecular weight is 397 g/mol. The molecule has 0 aliphatic rings. The van der Waals surface area contributed by atoms with Crippen molar-refractivity contribution in [3.63, 3.8) is 0 Å². The minimum Gasteiger partial charge on any atom is -0.338 e. The van der Waals surface area contributed by atoms with Crippen molar-refractivity contribution < 1.29 is 18.0 Å². The van der Waals surface area contributed by atoms with E-state index >= 15 is 0 Å². The lowest BCUT2D eigenvalue weighted by Crippen LogP contribution is -2.34. The molecule has 0 bridgehead atoms. The second-order valence-corrected chi connectivity index (χ2v) is 4.47. The molecule has 0 saturated heterocycles. The van der Waals surface area contributed by atoms with E-state index in [0.29, 0.717) is 9.44 Å². The van der Waals surface area contributed by atoms with Crippen LogP contribution in [0.25, 0.3) is 0 Å². The van der Waals surface area contributed by atoms with Crippen LogP contribution in [0.2, 0.25) is 5.02 Å². The van der Waals surface area contributed by atoms with Gasteiger partial charge in [0.2, 0.25) is 0 Å². The van der Waals surface area contributed by atoms with Crippen molar-refractivity contribution in [2.45, 2.75) is 19.6 Å². The second-order valence-electron chi connectivity index (χ2n) is 3.18. The molecule has 0 spiro atoms. The van der Waals surface area contributed by atoms with E-state index in [1.165, 1.54) is 22.9 Å². The average Bonchev–Trinajstić information content (AvgIpc) is 2.50. The van der Waals surface area contributed by atoms with E-state index in [1.54, 1.807) is 6.92 Å². The predicted molar refractivity (Wildman–Crippen MR) is 67.6 cm³/mol. The van der Waals surface area contributed by atoms with Crippen molar-refractivity contribution in [1.29, 1.82) is 0 Å². The van der Waals surface area contributed by atoms with Crippen molar-refractivity contribution in [3.05, 3.63) is 16.4 Å². The molecule has 0 radical (unpaired) electrons. The molecule has 0 aliphatic carbocycles. The summed E-state index contributed by atoms with van der Waals surface area (Å²) in [7, 11) is 0. The maximum absolute atomic E-state index is 12.6. The number of alkyl halides is 3. The quantitative estimate of drug-likeness (QED) is 0.772. The van der Waals surface area contributed by atoms with Crippen LogP contribution in [0, 0.1) is 0 Å². The zero-order valence-corrected chi connectivity index (χ0v) is 12.0. The number of nitrogens with zero attached hydrogens (tertiary/aromatic N) is 2. The molecule has 18 heavy (non-hydrogen) atoms. The minimum atomic E-state index is -4.59. The van der Waals surface area contributed by atoms with Gasteiger partial charge in [-0.05, 0) is 6.92 Å². The van der Waals surface area contributed by atoms with E-state index in [9.17, 15) is 18.0 Å². The normalized spacial score (nSPS) is 11.4. The third-order valence-corrected chi connectivity index (χ3v) is 2.97. The van der Waals surface area contributed by atoms with E-state index in [2.05, 4.69) is 15.7 Å². The first-order chi connectivity index (χ1) is 8.27. The Labute approximate surface area is 120 Å². The third-order valence-electron chi connectivity index (χ3n) is 1.88. The molecular formula is C8H9ClF3IN4O.